The Balaban J connectivity index is 0.775. The normalized spacial score (nSPS) is 26.9. The van der Waals surface area contributed by atoms with Crippen LogP contribution in [-0.4, -0.2) is 257 Å². The standard InChI is InChI=1S/C88H80N8O28Si8/c97-73-57-25-1-2-26-58(57)74(98)89(73)41-17-49-125-113-126(50-18-42-90-75(99)59-27-3-4-28-60(59)76(90)100)116-129(53-21-45-93-81(105)65-33-9-10-34-66(65)82(93)106)118-127(114-125,51-19-43-91-77(101)61-29-5-6-30-62(61)78(91)102)120-131(55-23-47-95-85(109)69-37-13-14-38-70(69)86(95)110)121-128(115-125,52-20-44-92-79(103)63-31-7-8-32-64(63)80(92)104)119-130(117-126,54-22-46-94-83(107)67-35-11-12-36-68(67)84(94)108)123-132(122-129,124-131)56-24-48-96-87(111)71-39-15-16-40-72(71)88(96)112/h1-16,25-40H,17-24,41-56H2. The van der Waals surface area contributed by atoms with Crippen molar-refractivity contribution in [1.29, 1.82) is 0 Å². The highest BCUT2D eigenvalue weighted by Crippen LogP contribution is 2.56. The topological polar surface area (TPSA) is 410 Å². The second kappa shape index (κ2) is 33.1. The number of carbonyl (C=O) groups excluding carboxylic acids is 16. The van der Waals surface area contributed by atoms with Gasteiger partial charge in [-0.2, -0.15) is 0 Å². The van der Waals surface area contributed by atoms with E-state index in [2.05, 4.69) is 0 Å². The fourth-order valence-electron chi connectivity index (χ4n) is 19.7. The van der Waals surface area contributed by atoms with E-state index in [1.165, 1.54) is 97.1 Å². The zero-order valence-electron chi connectivity index (χ0n) is 70.5. The number of imide groups is 8. The smallest absolute Gasteiger partial charge is 0.373 e. The van der Waals surface area contributed by atoms with Crippen LogP contribution in [0.3, 0.4) is 0 Å². The molecule has 6 fully saturated rings. The molecule has 0 atom stereocenters. The summed E-state index contributed by atoms with van der Waals surface area (Å²) in [6, 6.07) is 45.6. The van der Waals surface area contributed by atoms with E-state index in [0.717, 1.165) is 39.2 Å². The molecule has 22 rings (SSSR count). The third-order valence-corrected chi connectivity index (χ3v) is 63.3. The number of amides is 16. The molecule has 0 aliphatic carbocycles. The van der Waals surface area contributed by atoms with Gasteiger partial charge in [0.25, 0.3) is 94.5 Å². The van der Waals surface area contributed by atoms with Crippen molar-refractivity contribution in [2.45, 2.75) is 99.7 Å². The van der Waals surface area contributed by atoms with Crippen molar-refractivity contribution >= 4 is 165 Å². The van der Waals surface area contributed by atoms with E-state index < -0.39 is 266 Å². The molecule has 8 aromatic carbocycles. The summed E-state index contributed by atoms with van der Waals surface area (Å²) >= 11 is 0. The van der Waals surface area contributed by atoms with E-state index in [9.17, 15) is 76.7 Å². The molecule has 8 aromatic rings. The van der Waals surface area contributed by atoms with Gasteiger partial charge in [-0.05, 0) is 148 Å². The van der Waals surface area contributed by atoms with Crippen LogP contribution >= 0.6 is 0 Å². The minimum Gasteiger partial charge on any atom is -0.373 e. The predicted octanol–water partition coefficient (Wildman–Crippen LogP) is 9.26. The van der Waals surface area contributed by atoms with Gasteiger partial charge < -0.3 is 49.4 Å². The highest BCUT2D eigenvalue weighted by Gasteiger charge is 2.83. The molecular weight excluding hydrogens is 1840 g/mol. The van der Waals surface area contributed by atoms with Gasteiger partial charge in [-0.25, -0.2) is 0 Å². The molecule has 0 N–H and O–H groups in total. The number of carbonyl (C=O) groups is 16. The first-order valence-corrected chi connectivity index (χ1v) is 59.2. The number of rotatable bonds is 32. The van der Waals surface area contributed by atoms with Crippen molar-refractivity contribution in [1.82, 2.24) is 39.2 Å². The van der Waals surface area contributed by atoms with Gasteiger partial charge >= 0.3 is 70.4 Å². The molecule has 6 saturated heterocycles. The van der Waals surface area contributed by atoms with E-state index >= 15 is 0 Å². The average Bonchev–Trinajstić information content (AvgIpc) is 0.795. The van der Waals surface area contributed by atoms with Crippen molar-refractivity contribution in [3.05, 3.63) is 283 Å². The molecule has 14 aliphatic heterocycles. The second-order valence-corrected chi connectivity index (χ2v) is 58.7. The Hall–Kier alpha value is -11.9. The van der Waals surface area contributed by atoms with Gasteiger partial charge in [-0.3, -0.25) is 116 Å². The van der Waals surface area contributed by atoms with E-state index in [-0.39, 0.29) is 140 Å². The Kier molecular flexibility index (Phi) is 21.8. The van der Waals surface area contributed by atoms with Gasteiger partial charge in [-0.1, -0.05) is 97.1 Å². The van der Waals surface area contributed by atoms with E-state index in [1.807, 2.05) is 0 Å². The molecule has 0 unspecified atom stereocenters. The Morgan fingerprint density at radius 1 is 0.136 bits per heavy atom. The van der Waals surface area contributed by atoms with Crippen LogP contribution in [-0.2, 0) is 49.4 Å². The summed E-state index contributed by atoms with van der Waals surface area (Å²) in [6.45, 7) is -3.17. The number of nitrogens with zero attached hydrogens (tertiary/aromatic N) is 8. The molecule has 0 saturated carbocycles. The van der Waals surface area contributed by atoms with Crippen LogP contribution in [0.4, 0.5) is 0 Å². The Morgan fingerprint density at radius 3 is 0.288 bits per heavy atom. The summed E-state index contributed by atoms with van der Waals surface area (Å²) in [7, 11) is -44.6. The first-order valence-electron chi connectivity index (χ1n) is 43.7. The Labute approximate surface area is 760 Å². The van der Waals surface area contributed by atoms with Crippen LogP contribution in [0.25, 0.3) is 0 Å². The average molecular weight is 1920 g/mol. The molecular formula is C88H80N8O28Si8. The lowest BCUT2D eigenvalue weighted by Crippen LogP contribution is -2.88. The van der Waals surface area contributed by atoms with Gasteiger partial charge in [0.05, 0.1) is 89.0 Å². The molecule has 8 bridgehead atoms. The first-order chi connectivity index (χ1) is 63.7. The predicted molar refractivity (Wildman–Crippen MR) is 469 cm³/mol. The molecule has 0 aromatic heterocycles. The fraction of sp³-hybridized carbons (Fsp3) is 0.273. The third-order valence-electron chi connectivity index (χ3n) is 25.7. The fourth-order valence-corrected chi connectivity index (χ4v) is 70.0. The molecule has 36 nitrogen and oxygen atoms in total. The maximum atomic E-state index is 14.7. The summed E-state index contributed by atoms with van der Waals surface area (Å²) in [6.07, 6.45) is -2.35. The first kappa shape index (κ1) is 86.8. The highest BCUT2D eigenvalue weighted by atomic mass is 28.6. The number of benzene rings is 8. The van der Waals surface area contributed by atoms with Gasteiger partial charge in [0.1, 0.15) is 0 Å². The van der Waals surface area contributed by atoms with Crippen molar-refractivity contribution < 1.29 is 126 Å². The third kappa shape index (κ3) is 14.7. The Bertz CT molecular complexity index is 4960. The zero-order chi connectivity index (χ0) is 91.2. The summed E-state index contributed by atoms with van der Waals surface area (Å²) in [5, 5.41) is 0. The van der Waals surface area contributed by atoms with Crippen LogP contribution < -0.4 is 0 Å². The number of fused-ring (bicyclic) bond motifs is 8. The van der Waals surface area contributed by atoms with Crippen molar-refractivity contribution in [3.63, 3.8) is 0 Å². The van der Waals surface area contributed by atoms with Crippen LogP contribution in [0.2, 0.25) is 48.4 Å². The molecule has 14 aliphatic rings. The molecule has 0 spiro atoms. The number of hydrogen-bond acceptors (Lipinski definition) is 28. The maximum Gasteiger partial charge on any atom is 0.478 e. The molecule has 14 heterocycles. The summed E-state index contributed by atoms with van der Waals surface area (Å²) < 4.78 is 98.5. The van der Waals surface area contributed by atoms with Crippen molar-refractivity contribution in [3.8, 4) is 0 Å². The van der Waals surface area contributed by atoms with Gasteiger partial charge in [0.15, 0.2) is 0 Å². The molecule has 16 amide bonds. The summed E-state index contributed by atoms with van der Waals surface area (Å²) in [5.74, 6) is -10.6. The highest BCUT2D eigenvalue weighted by molar-refractivity contribution is 7.03. The van der Waals surface area contributed by atoms with Crippen molar-refractivity contribution in [2.24, 2.45) is 0 Å². The minimum absolute atomic E-state index is 0.0989. The lowest BCUT2D eigenvalue weighted by molar-refractivity contribution is -0.0330. The van der Waals surface area contributed by atoms with Crippen LogP contribution in [0.5, 0.6) is 0 Å². The zero-order valence-corrected chi connectivity index (χ0v) is 78.5. The molecule has 132 heavy (non-hydrogen) atoms. The van der Waals surface area contributed by atoms with E-state index in [0.29, 0.717) is 0 Å². The van der Waals surface area contributed by atoms with Gasteiger partial charge in [-0.15, -0.1) is 0 Å². The van der Waals surface area contributed by atoms with E-state index in [4.69, 9.17) is 49.4 Å². The minimum atomic E-state index is -5.57. The van der Waals surface area contributed by atoms with Crippen molar-refractivity contribution in [2.75, 3.05) is 52.4 Å². The lowest BCUT2D eigenvalue weighted by atomic mass is 10.1. The largest absolute Gasteiger partial charge is 0.478 e. The van der Waals surface area contributed by atoms with Crippen LogP contribution in [0.1, 0.15) is 217 Å². The van der Waals surface area contributed by atoms with Crippen LogP contribution in [0, 0.1) is 0 Å². The van der Waals surface area contributed by atoms with Crippen LogP contribution in [0.15, 0.2) is 194 Å². The second-order valence-electron chi connectivity index (χ2n) is 34.0. The van der Waals surface area contributed by atoms with Gasteiger partial charge in [0, 0.05) is 101 Å². The molecule has 672 valence electrons. The Morgan fingerprint density at radius 2 is 0.212 bits per heavy atom. The quantitative estimate of drug-likeness (QED) is 0.0280. The summed E-state index contributed by atoms with van der Waals surface area (Å²) in [5.41, 5.74) is 1.58. The van der Waals surface area contributed by atoms with Gasteiger partial charge in [0.2, 0.25) is 0 Å². The lowest BCUT2D eigenvalue weighted by Gasteiger charge is -2.63. The molecule has 0 radical (unpaired) electrons. The van der Waals surface area contributed by atoms with E-state index in [1.54, 1.807) is 97.1 Å². The summed E-state index contributed by atoms with van der Waals surface area (Å²) in [4.78, 5) is 244. The molecule has 44 heteroatoms. The SMILES string of the molecule is O=C1c2ccccc2C(=O)N1CCC[Si]12O[Si]3(CCCN4C(=O)c5ccccc5C4=O)O[Si]4(CCCN5C(=O)c6ccccc6C5=O)O[Si](CCCN5C(=O)c6ccccc6C5=O)(O1)O[Si]1(CCCN5C(=O)c6ccccc6C5=O)O[Si](CCCN5C(=O)c6ccccc6C5=O)(O2)O[Si](CCCN2C(=O)c5ccccc5C2=O)(O3)O[Si](CCCN2C(=O)c3ccccc3C2=O)(O4)O1. The maximum absolute atomic E-state index is 14.7. The number of hydrogen-bond donors (Lipinski definition) is 0. The monoisotopic (exact) mass is 1920 g/mol.